The third-order valence-electron chi connectivity index (χ3n) is 3.04. The minimum atomic E-state index is 0.217. The van der Waals surface area contributed by atoms with E-state index in [9.17, 15) is 4.79 Å². The first-order chi connectivity index (χ1) is 10.3. The highest BCUT2D eigenvalue weighted by atomic mass is 16.5. The Morgan fingerprint density at radius 2 is 1.81 bits per heavy atom. The van der Waals surface area contributed by atoms with Crippen LogP contribution in [0, 0.1) is 0 Å². The Morgan fingerprint density at radius 1 is 1.05 bits per heavy atom. The number of carbonyl (C=O) groups is 1. The van der Waals surface area contributed by atoms with Crippen LogP contribution in [0.5, 0.6) is 5.75 Å². The van der Waals surface area contributed by atoms with Crippen LogP contribution in [0.25, 0.3) is 11.3 Å². The Labute approximate surface area is 122 Å². The van der Waals surface area contributed by atoms with Gasteiger partial charge in [-0.2, -0.15) is 0 Å². The van der Waals surface area contributed by atoms with E-state index in [-0.39, 0.29) is 5.76 Å². The fourth-order valence-electron chi connectivity index (χ4n) is 1.94. The minimum Gasteiger partial charge on any atom is -0.489 e. The first-order valence-electron chi connectivity index (χ1n) is 6.54. The molecule has 0 fully saturated rings. The number of hydrogen-bond acceptors (Lipinski definition) is 4. The SMILES string of the molecule is O=Cc1cc(-c2ccc(OCc3ccccc3)cc2)no1. The molecule has 0 atom stereocenters. The van der Waals surface area contributed by atoms with Crippen molar-refractivity contribution in [1.82, 2.24) is 5.16 Å². The smallest absolute Gasteiger partial charge is 0.199 e. The minimum absolute atomic E-state index is 0.217. The summed E-state index contributed by atoms with van der Waals surface area (Å²) in [5.41, 5.74) is 2.62. The average Bonchev–Trinajstić information content (AvgIpc) is 3.03. The molecule has 104 valence electrons. The standard InChI is InChI=1S/C17H13NO3/c19-11-16-10-17(18-21-16)14-6-8-15(9-7-14)20-12-13-4-2-1-3-5-13/h1-11H,12H2. The lowest BCUT2D eigenvalue weighted by atomic mass is 10.1. The van der Waals surface area contributed by atoms with Crippen molar-refractivity contribution in [3.8, 4) is 17.0 Å². The lowest BCUT2D eigenvalue weighted by Gasteiger charge is -2.06. The van der Waals surface area contributed by atoms with E-state index in [0.717, 1.165) is 16.9 Å². The molecule has 1 aromatic heterocycles. The van der Waals surface area contributed by atoms with E-state index in [2.05, 4.69) is 5.16 Å². The molecule has 0 saturated heterocycles. The van der Waals surface area contributed by atoms with E-state index in [1.807, 2.05) is 54.6 Å². The molecule has 0 unspecified atom stereocenters. The molecule has 0 N–H and O–H groups in total. The molecule has 3 rings (SSSR count). The predicted octanol–water partition coefficient (Wildman–Crippen LogP) is 3.73. The second-order valence-electron chi connectivity index (χ2n) is 4.53. The Bertz CT molecular complexity index is 717. The molecule has 0 radical (unpaired) electrons. The van der Waals surface area contributed by atoms with Gasteiger partial charge in [0, 0.05) is 11.6 Å². The van der Waals surface area contributed by atoms with Crippen molar-refractivity contribution in [3.63, 3.8) is 0 Å². The van der Waals surface area contributed by atoms with E-state index in [0.29, 0.717) is 18.6 Å². The molecule has 4 heteroatoms. The molecule has 0 aliphatic rings. The van der Waals surface area contributed by atoms with Gasteiger partial charge >= 0.3 is 0 Å². The summed E-state index contributed by atoms with van der Waals surface area (Å²) in [7, 11) is 0. The summed E-state index contributed by atoms with van der Waals surface area (Å²) < 4.78 is 10.6. The number of carbonyl (C=O) groups excluding carboxylic acids is 1. The van der Waals surface area contributed by atoms with Crippen LogP contribution in [0.4, 0.5) is 0 Å². The second kappa shape index (κ2) is 6.05. The van der Waals surface area contributed by atoms with E-state index >= 15 is 0 Å². The number of aldehydes is 1. The zero-order valence-electron chi connectivity index (χ0n) is 11.2. The van der Waals surface area contributed by atoms with Gasteiger partial charge < -0.3 is 9.26 Å². The highest BCUT2D eigenvalue weighted by Crippen LogP contribution is 2.22. The zero-order valence-corrected chi connectivity index (χ0v) is 11.2. The van der Waals surface area contributed by atoms with Crippen molar-refractivity contribution in [3.05, 3.63) is 72.0 Å². The number of rotatable bonds is 5. The van der Waals surface area contributed by atoms with Crippen LogP contribution >= 0.6 is 0 Å². The van der Waals surface area contributed by atoms with Crippen LogP contribution in [0.2, 0.25) is 0 Å². The summed E-state index contributed by atoms with van der Waals surface area (Å²) >= 11 is 0. The van der Waals surface area contributed by atoms with Crippen molar-refractivity contribution in [2.45, 2.75) is 6.61 Å². The summed E-state index contributed by atoms with van der Waals surface area (Å²) in [5.74, 6) is 0.996. The highest BCUT2D eigenvalue weighted by Gasteiger charge is 2.05. The Kier molecular flexibility index (Phi) is 3.78. The van der Waals surface area contributed by atoms with Gasteiger partial charge in [-0.15, -0.1) is 0 Å². The monoisotopic (exact) mass is 279 g/mol. The number of aromatic nitrogens is 1. The molecule has 0 aliphatic carbocycles. The van der Waals surface area contributed by atoms with Gasteiger partial charge in [0.15, 0.2) is 12.0 Å². The van der Waals surface area contributed by atoms with Crippen LogP contribution in [-0.4, -0.2) is 11.4 Å². The Balaban J connectivity index is 1.68. The summed E-state index contributed by atoms with van der Waals surface area (Å²) in [5, 5.41) is 3.83. The van der Waals surface area contributed by atoms with Gasteiger partial charge in [-0.3, -0.25) is 4.79 Å². The number of hydrogen-bond donors (Lipinski definition) is 0. The largest absolute Gasteiger partial charge is 0.489 e. The summed E-state index contributed by atoms with van der Waals surface area (Å²) in [6.45, 7) is 0.527. The second-order valence-corrected chi connectivity index (χ2v) is 4.53. The predicted molar refractivity (Wildman–Crippen MR) is 78.1 cm³/mol. The number of nitrogens with zero attached hydrogens (tertiary/aromatic N) is 1. The first-order valence-corrected chi connectivity index (χ1v) is 6.54. The van der Waals surface area contributed by atoms with Crippen LogP contribution in [0.3, 0.4) is 0 Å². The van der Waals surface area contributed by atoms with E-state index in [4.69, 9.17) is 9.26 Å². The molecule has 3 aromatic rings. The van der Waals surface area contributed by atoms with Gasteiger partial charge in [-0.25, -0.2) is 0 Å². The maximum atomic E-state index is 10.6. The Morgan fingerprint density at radius 3 is 2.48 bits per heavy atom. The first kappa shape index (κ1) is 13.1. The molecule has 1 heterocycles. The maximum absolute atomic E-state index is 10.6. The van der Waals surface area contributed by atoms with Crippen molar-refractivity contribution in [1.29, 1.82) is 0 Å². The van der Waals surface area contributed by atoms with Crippen LogP contribution in [0.15, 0.2) is 65.2 Å². The van der Waals surface area contributed by atoms with E-state index in [1.165, 1.54) is 0 Å². The Hall–Kier alpha value is -2.88. The van der Waals surface area contributed by atoms with Gasteiger partial charge in [0.25, 0.3) is 0 Å². The molecule has 0 amide bonds. The van der Waals surface area contributed by atoms with Gasteiger partial charge in [0.1, 0.15) is 18.1 Å². The lowest BCUT2D eigenvalue weighted by Crippen LogP contribution is -1.94. The highest BCUT2D eigenvalue weighted by molar-refractivity contribution is 5.73. The normalized spacial score (nSPS) is 10.3. The van der Waals surface area contributed by atoms with Gasteiger partial charge in [0.2, 0.25) is 0 Å². The quantitative estimate of drug-likeness (QED) is 0.668. The van der Waals surface area contributed by atoms with Crippen LogP contribution < -0.4 is 4.74 Å². The van der Waals surface area contributed by atoms with Gasteiger partial charge in [-0.05, 0) is 29.8 Å². The molecular weight excluding hydrogens is 266 g/mol. The van der Waals surface area contributed by atoms with Gasteiger partial charge in [0.05, 0.1) is 0 Å². The fourth-order valence-corrected chi connectivity index (χ4v) is 1.94. The zero-order chi connectivity index (χ0) is 14.5. The summed E-state index contributed by atoms with van der Waals surface area (Å²) in [6, 6.07) is 19.1. The van der Waals surface area contributed by atoms with Crippen LogP contribution in [-0.2, 0) is 6.61 Å². The maximum Gasteiger partial charge on any atom is 0.199 e. The third-order valence-corrected chi connectivity index (χ3v) is 3.04. The van der Waals surface area contributed by atoms with Crippen molar-refractivity contribution >= 4 is 6.29 Å². The van der Waals surface area contributed by atoms with Crippen molar-refractivity contribution in [2.75, 3.05) is 0 Å². The molecule has 0 aliphatic heterocycles. The van der Waals surface area contributed by atoms with E-state index in [1.54, 1.807) is 6.07 Å². The van der Waals surface area contributed by atoms with Crippen molar-refractivity contribution in [2.24, 2.45) is 0 Å². The molecule has 2 aromatic carbocycles. The van der Waals surface area contributed by atoms with Crippen molar-refractivity contribution < 1.29 is 14.1 Å². The van der Waals surface area contributed by atoms with Gasteiger partial charge in [-0.1, -0.05) is 35.5 Å². The molecular formula is C17H13NO3. The molecule has 0 saturated carbocycles. The molecule has 0 bridgehead atoms. The molecule has 21 heavy (non-hydrogen) atoms. The molecule has 0 spiro atoms. The lowest BCUT2D eigenvalue weighted by molar-refractivity contribution is 0.109. The summed E-state index contributed by atoms with van der Waals surface area (Å²) in [4.78, 5) is 10.6. The number of benzene rings is 2. The number of ether oxygens (including phenoxy) is 1. The van der Waals surface area contributed by atoms with E-state index < -0.39 is 0 Å². The topological polar surface area (TPSA) is 52.3 Å². The fraction of sp³-hybridized carbons (Fsp3) is 0.0588. The summed E-state index contributed by atoms with van der Waals surface area (Å²) in [6.07, 6.45) is 0.633. The molecule has 4 nitrogen and oxygen atoms in total. The van der Waals surface area contributed by atoms with Crippen LogP contribution in [0.1, 0.15) is 16.1 Å². The third kappa shape index (κ3) is 3.17. The average molecular weight is 279 g/mol.